The molecule has 0 aliphatic carbocycles. The predicted octanol–water partition coefficient (Wildman–Crippen LogP) is 6.63. The number of ether oxygens (including phenoxy) is 1. The number of H-pyrrole nitrogens is 2. The number of aromatic nitrogens is 4. The minimum absolute atomic E-state index is 0.116. The highest BCUT2D eigenvalue weighted by Crippen LogP contribution is 2.34. The number of nitrogens with one attached hydrogen (secondary N) is 2. The van der Waals surface area contributed by atoms with Gasteiger partial charge < -0.3 is 19.8 Å². The molecule has 0 radical (unpaired) electrons. The molecule has 3 N–H and O–H groups in total. The van der Waals surface area contributed by atoms with Crippen LogP contribution in [0.5, 0.6) is 0 Å². The van der Waals surface area contributed by atoms with E-state index in [4.69, 9.17) is 9.72 Å². The maximum Gasteiger partial charge on any atom is 0.410 e. The van der Waals surface area contributed by atoms with E-state index in [-0.39, 0.29) is 18.2 Å². The summed E-state index contributed by atoms with van der Waals surface area (Å²) >= 11 is 0. The van der Waals surface area contributed by atoms with Crippen LogP contribution in [-0.2, 0) is 17.6 Å². The lowest BCUT2D eigenvalue weighted by Gasteiger charge is -2.27. The van der Waals surface area contributed by atoms with Crippen LogP contribution in [0.2, 0.25) is 0 Å². The van der Waals surface area contributed by atoms with Gasteiger partial charge in [-0.05, 0) is 88.1 Å². The summed E-state index contributed by atoms with van der Waals surface area (Å²) in [6, 6.07) is 14.5. The van der Waals surface area contributed by atoms with Gasteiger partial charge in [-0.15, -0.1) is 0 Å². The Morgan fingerprint density at radius 2 is 1.62 bits per heavy atom. The van der Waals surface area contributed by atoms with Crippen molar-refractivity contribution in [2.45, 2.75) is 77.0 Å². The van der Waals surface area contributed by atoms with E-state index < -0.39 is 11.7 Å². The Morgan fingerprint density at radius 1 is 0.929 bits per heavy atom. The van der Waals surface area contributed by atoms with Crippen molar-refractivity contribution in [1.82, 2.24) is 29.7 Å². The van der Waals surface area contributed by atoms with E-state index in [0.717, 1.165) is 78.0 Å². The number of carboxylic acid groups (broad SMARTS) is 1. The molecule has 2 aromatic carbocycles. The van der Waals surface area contributed by atoms with Gasteiger partial charge in [0.05, 0.1) is 23.1 Å². The molecule has 10 heteroatoms. The maximum absolute atomic E-state index is 12.8. The topological polar surface area (TPSA) is 127 Å². The number of aromatic amines is 2. The molecule has 0 unspecified atom stereocenters. The van der Waals surface area contributed by atoms with Crippen molar-refractivity contribution in [2.75, 3.05) is 13.1 Å². The van der Waals surface area contributed by atoms with Crippen molar-refractivity contribution in [3.8, 4) is 11.1 Å². The molecule has 2 amide bonds. The number of likely N-dealkylation sites (tertiary alicyclic amines) is 2. The van der Waals surface area contributed by atoms with E-state index in [0.29, 0.717) is 13.1 Å². The zero-order chi connectivity index (χ0) is 29.4. The molecule has 2 saturated heterocycles. The first-order valence-corrected chi connectivity index (χ1v) is 14.8. The Bertz CT molecular complexity index is 1580. The summed E-state index contributed by atoms with van der Waals surface area (Å²) in [7, 11) is 0. The van der Waals surface area contributed by atoms with Gasteiger partial charge in [-0.25, -0.2) is 19.6 Å². The SMILES string of the molecule is CC(C)(C)OC(=O)N1CCC[C@H]1c1nc2ccc(-c3ccc(CCc4cnc([C@@H]5CCCN5C(=O)O)[nH]4)cc3)cc2[nH]1. The molecule has 2 aliphatic rings. The van der Waals surface area contributed by atoms with Gasteiger partial charge in [0.1, 0.15) is 17.2 Å². The number of hydrogen-bond donors (Lipinski definition) is 3. The average Bonchev–Trinajstić information content (AvgIpc) is 3.76. The summed E-state index contributed by atoms with van der Waals surface area (Å²) in [4.78, 5) is 43.6. The van der Waals surface area contributed by atoms with Crippen molar-refractivity contribution in [2.24, 2.45) is 0 Å². The highest BCUT2D eigenvalue weighted by Gasteiger charge is 2.35. The lowest BCUT2D eigenvalue weighted by molar-refractivity contribution is 0.0219. The number of fused-ring (bicyclic) bond motifs is 1. The van der Waals surface area contributed by atoms with Gasteiger partial charge >= 0.3 is 12.2 Å². The summed E-state index contributed by atoms with van der Waals surface area (Å²) in [5.74, 6) is 1.54. The smallest absolute Gasteiger partial charge is 0.410 e. The van der Waals surface area contributed by atoms with Crippen molar-refractivity contribution >= 4 is 23.2 Å². The quantitative estimate of drug-likeness (QED) is 0.239. The Labute approximate surface area is 245 Å². The van der Waals surface area contributed by atoms with Crippen LogP contribution in [0.1, 0.15) is 81.4 Å². The minimum atomic E-state index is -0.888. The second-order valence-corrected chi connectivity index (χ2v) is 12.3. The third kappa shape index (κ3) is 5.84. The molecule has 6 rings (SSSR count). The van der Waals surface area contributed by atoms with Crippen LogP contribution in [-0.4, -0.2) is 65.7 Å². The lowest BCUT2D eigenvalue weighted by Crippen LogP contribution is -2.36. The largest absolute Gasteiger partial charge is 0.465 e. The second kappa shape index (κ2) is 11.2. The summed E-state index contributed by atoms with van der Waals surface area (Å²) < 4.78 is 5.63. The molecular weight excluding hydrogens is 532 g/mol. The van der Waals surface area contributed by atoms with Crippen LogP contribution in [0.15, 0.2) is 48.7 Å². The normalized spacial score (nSPS) is 19.1. The van der Waals surface area contributed by atoms with Crippen LogP contribution >= 0.6 is 0 Å². The third-order valence-corrected chi connectivity index (χ3v) is 8.13. The van der Waals surface area contributed by atoms with Gasteiger partial charge in [0.2, 0.25) is 0 Å². The van der Waals surface area contributed by atoms with E-state index in [1.54, 1.807) is 4.90 Å². The molecule has 0 bridgehead atoms. The van der Waals surface area contributed by atoms with Crippen LogP contribution in [0.4, 0.5) is 9.59 Å². The molecule has 4 heterocycles. The van der Waals surface area contributed by atoms with Crippen LogP contribution in [0.25, 0.3) is 22.2 Å². The minimum Gasteiger partial charge on any atom is -0.465 e. The number of benzene rings is 2. The second-order valence-electron chi connectivity index (χ2n) is 12.3. The van der Waals surface area contributed by atoms with Gasteiger partial charge in [0, 0.05) is 25.0 Å². The summed E-state index contributed by atoms with van der Waals surface area (Å²) in [5, 5.41) is 9.43. The van der Waals surface area contributed by atoms with E-state index in [2.05, 4.69) is 51.4 Å². The molecule has 0 spiro atoms. The van der Waals surface area contributed by atoms with Gasteiger partial charge in [-0.3, -0.25) is 9.80 Å². The molecule has 2 aromatic heterocycles. The zero-order valence-corrected chi connectivity index (χ0v) is 24.4. The Hall–Kier alpha value is -4.34. The highest BCUT2D eigenvalue weighted by atomic mass is 16.6. The fraction of sp³-hybridized carbons (Fsp3) is 0.438. The fourth-order valence-electron chi connectivity index (χ4n) is 6.05. The number of carbonyl (C=O) groups is 2. The molecule has 42 heavy (non-hydrogen) atoms. The molecule has 2 fully saturated rings. The Morgan fingerprint density at radius 3 is 2.33 bits per heavy atom. The van der Waals surface area contributed by atoms with E-state index in [1.165, 1.54) is 10.5 Å². The fourth-order valence-corrected chi connectivity index (χ4v) is 6.05. The van der Waals surface area contributed by atoms with Crippen molar-refractivity contribution in [3.05, 3.63) is 71.6 Å². The van der Waals surface area contributed by atoms with Crippen molar-refractivity contribution in [1.29, 1.82) is 0 Å². The third-order valence-electron chi connectivity index (χ3n) is 8.13. The molecule has 10 nitrogen and oxygen atoms in total. The number of nitrogens with zero attached hydrogens (tertiary/aromatic N) is 4. The highest BCUT2D eigenvalue weighted by molar-refractivity contribution is 5.82. The summed E-state index contributed by atoms with van der Waals surface area (Å²) in [6.07, 6.45) is 5.74. The van der Waals surface area contributed by atoms with Crippen molar-refractivity contribution in [3.63, 3.8) is 0 Å². The van der Waals surface area contributed by atoms with Gasteiger partial charge in [0.15, 0.2) is 0 Å². The number of carbonyl (C=O) groups excluding carboxylic acids is 1. The first-order chi connectivity index (χ1) is 20.1. The van der Waals surface area contributed by atoms with E-state index in [1.807, 2.05) is 33.0 Å². The van der Waals surface area contributed by atoms with Crippen LogP contribution in [0.3, 0.4) is 0 Å². The van der Waals surface area contributed by atoms with E-state index >= 15 is 0 Å². The monoisotopic (exact) mass is 570 g/mol. The average molecular weight is 571 g/mol. The van der Waals surface area contributed by atoms with E-state index in [9.17, 15) is 14.7 Å². The molecule has 4 aromatic rings. The first-order valence-electron chi connectivity index (χ1n) is 14.8. The first kappa shape index (κ1) is 27.8. The maximum atomic E-state index is 12.8. The number of aryl methyl sites for hydroxylation is 2. The molecule has 2 aliphatic heterocycles. The number of imidazole rings is 2. The van der Waals surface area contributed by atoms with Crippen LogP contribution in [0, 0.1) is 0 Å². The van der Waals surface area contributed by atoms with Crippen LogP contribution < -0.4 is 0 Å². The molecule has 2 atom stereocenters. The summed E-state index contributed by atoms with van der Waals surface area (Å²) in [6.45, 7) is 6.88. The molecule has 0 saturated carbocycles. The van der Waals surface area contributed by atoms with Gasteiger partial charge in [0.25, 0.3) is 0 Å². The standard InChI is InChI=1S/C32H38N6O4/c1-32(2,3)42-31(41)38-17-5-7-27(38)29-35-24-15-13-22(18-25(24)36-29)21-11-8-20(9-12-21)10-14-23-19-33-28(34-23)26-6-4-16-37(26)30(39)40/h8-9,11-13,15,18-19,26-27H,4-7,10,14,16-17H2,1-3H3,(H,33,34)(H,35,36)(H,39,40)/t26-,27-/m0/s1. The number of amides is 2. The molecular formula is C32H38N6O4. The van der Waals surface area contributed by atoms with Gasteiger partial charge in [-0.1, -0.05) is 30.3 Å². The van der Waals surface area contributed by atoms with Crippen molar-refractivity contribution < 1.29 is 19.4 Å². The van der Waals surface area contributed by atoms with Gasteiger partial charge in [-0.2, -0.15) is 0 Å². The predicted molar refractivity (Wildman–Crippen MR) is 159 cm³/mol. The number of rotatable bonds is 6. The Balaban J connectivity index is 1.10. The zero-order valence-electron chi connectivity index (χ0n) is 24.4. The summed E-state index contributed by atoms with van der Waals surface area (Å²) in [5.41, 5.74) is 5.73. The number of hydrogen-bond acceptors (Lipinski definition) is 5. The lowest BCUT2D eigenvalue weighted by atomic mass is 10.0. The Kier molecular flexibility index (Phi) is 7.38. The molecule has 220 valence electrons.